The Balaban J connectivity index is 2.45. The van der Waals surface area contributed by atoms with Crippen molar-refractivity contribution >= 4 is 33.1 Å². The number of anilines is 1. The number of nitrogens with zero attached hydrogens (tertiary/aromatic N) is 1. The van der Waals surface area contributed by atoms with E-state index in [1.165, 1.54) is 15.2 Å². The molecule has 0 bridgehead atoms. The molecule has 1 aromatic carbocycles. The molecule has 0 spiro atoms. The normalized spacial score (nSPS) is 10.8. The van der Waals surface area contributed by atoms with Gasteiger partial charge in [-0.2, -0.15) is 4.57 Å². The fourth-order valence-electron chi connectivity index (χ4n) is 1.92. The molecule has 0 unspecified atom stereocenters. The van der Waals surface area contributed by atoms with Crippen molar-refractivity contribution in [3.05, 3.63) is 23.2 Å². The molecule has 3 nitrogen and oxygen atoms in total. The molecular weight excluding hydrogens is 232 g/mol. The molecule has 0 fully saturated rings. The maximum atomic E-state index is 11.4. The summed E-state index contributed by atoms with van der Waals surface area (Å²) in [7, 11) is 0. The first-order valence-corrected chi connectivity index (χ1v) is 6.70. The van der Waals surface area contributed by atoms with E-state index >= 15 is 0 Å². The van der Waals surface area contributed by atoms with Gasteiger partial charge in [-0.3, -0.25) is 4.79 Å². The number of benzene rings is 1. The number of amides is 1. The van der Waals surface area contributed by atoms with Gasteiger partial charge in [-0.25, -0.2) is 0 Å². The van der Waals surface area contributed by atoms with E-state index in [4.69, 9.17) is 0 Å². The number of carbonyl (C=O) groups excluding carboxylic acids is 1. The summed E-state index contributed by atoms with van der Waals surface area (Å²) in [5, 5.41) is 4.19. The Bertz CT molecular complexity index is 560. The van der Waals surface area contributed by atoms with E-state index in [0.717, 1.165) is 12.2 Å². The Morgan fingerprint density at radius 1 is 1.41 bits per heavy atom. The molecule has 0 aliphatic rings. The molecule has 0 radical (unpaired) electrons. The highest BCUT2D eigenvalue weighted by Crippen LogP contribution is 2.23. The van der Waals surface area contributed by atoms with Gasteiger partial charge < -0.3 is 5.32 Å². The topological polar surface area (TPSA) is 33.0 Å². The molecule has 1 amide bonds. The van der Waals surface area contributed by atoms with Crippen LogP contribution in [0.4, 0.5) is 5.69 Å². The minimum Gasteiger partial charge on any atom is -0.326 e. The van der Waals surface area contributed by atoms with Gasteiger partial charge in [0.05, 0.1) is 0 Å². The molecule has 0 aliphatic heterocycles. The van der Waals surface area contributed by atoms with E-state index in [1.54, 1.807) is 11.3 Å². The van der Waals surface area contributed by atoms with Crippen LogP contribution in [0.5, 0.6) is 0 Å². The molecule has 0 saturated carbocycles. The van der Waals surface area contributed by atoms with Crippen LogP contribution >= 0.6 is 11.3 Å². The van der Waals surface area contributed by atoms with Crippen molar-refractivity contribution in [2.24, 2.45) is 0 Å². The lowest BCUT2D eigenvalue weighted by Crippen LogP contribution is -2.33. The number of nitrogens with one attached hydrogen (secondary N) is 1. The second kappa shape index (κ2) is 4.84. The summed E-state index contributed by atoms with van der Waals surface area (Å²) < 4.78 is 3.53. The Hall–Kier alpha value is -1.42. The van der Waals surface area contributed by atoms with Crippen LogP contribution < -0.4 is 9.88 Å². The van der Waals surface area contributed by atoms with Gasteiger partial charge in [0.2, 0.25) is 16.4 Å². The van der Waals surface area contributed by atoms with Gasteiger partial charge in [0.15, 0.2) is 0 Å². The summed E-state index contributed by atoms with van der Waals surface area (Å²) >= 11 is 1.79. The van der Waals surface area contributed by atoms with Crippen LogP contribution in [0.15, 0.2) is 18.2 Å². The van der Waals surface area contributed by atoms with E-state index < -0.39 is 0 Å². The van der Waals surface area contributed by atoms with Gasteiger partial charge in [-0.1, -0.05) is 18.3 Å². The van der Waals surface area contributed by atoms with Crippen LogP contribution in [0.1, 0.15) is 25.3 Å². The number of rotatable bonds is 3. The minimum absolute atomic E-state index is 0.0550. The van der Waals surface area contributed by atoms with Crippen molar-refractivity contribution in [3.63, 3.8) is 0 Å². The highest BCUT2D eigenvalue weighted by molar-refractivity contribution is 7.18. The molecule has 0 atom stereocenters. The number of aryl methyl sites for hydroxylation is 2. The average Bonchev–Trinajstić information content (AvgIpc) is 2.63. The Morgan fingerprint density at radius 2 is 2.18 bits per heavy atom. The van der Waals surface area contributed by atoms with E-state index in [2.05, 4.69) is 35.9 Å². The van der Waals surface area contributed by atoms with Gasteiger partial charge in [0, 0.05) is 25.1 Å². The standard InChI is InChI=1S/C13H16N2OS/c1-4-13(16)14-10-6-7-12-11(8-10)15(5-2)9(3)17-12/h6-8H,4-5H2,1-3H3/p+1. The zero-order chi connectivity index (χ0) is 12.4. The molecule has 2 aromatic rings. The van der Waals surface area contributed by atoms with Gasteiger partial charge in [-0.05, 0) is 19.1 Å². The van der Waals surface area contributed by atoms with Gasteiger partial charge in [-0.15, -0.1) is 0 Å². The Morgan fingerprint density at radius 3 is 2.82 bits per heavy atom. The summed E-state index contributed by atoms with van der Waals surface area (Å²) in [6.45, 7) is 7.07. The maximum Gasteiger partial charge on any atom is 0.235 e. The third-order valence-corrected chi connectivity index (χ3v) is 3.89. The van der Waals surface area contributed by atoms with Crippen LogP contribution in [-0.2, 0) is 11.3 Å². The van der Waals surface area contributed by atoms with Gasteiger partial charge in [0.1, 0.15) is 11.2 Å². The predicted molar refractivity (Wildman–Crippen MR) is 71.4 cm³/mol. The molecule has 4 heteroatoms. The zero-order valence-corrected chi connectivity index (χ0v) is 11.2. The molecule has 90 valence electrons. The van der Waals surface area contributed by atoms with Crippen molar-refractivity contribution in [1.29, 1.82) is 0 Å². The first-order chi connectivity index (χ1) is 8.15. The second-order valence-corrected chi connectivity index (χ2v) is 5.18. The van der Waals surface area contributed by atoms with E-state index in [1.807, 2.05) is 13.0 Å². The number of hydrogen-bond acceptors (Lipinski definition) is 2. The second-order valence-electron chi connectivity index (χ2n) is 3.95. The quantitative estimate of drug-likeness (QED) is 0.834. The third-order valence-electron chi connectivity index (χ3n) is 2.81. The van der Waals surface area contributed by atoms with Crippen molar-refractivity contribution < 1.29 is 9.36 Å². The molecule has 17 heavy (non-hydrogen) atoms. The molecule has 2 rings (SSSR count). The van der Waals surface area contributed by atoms with Gasteiger partial charge >= 0.3 is 0 Å². The summed E-state index contributed by atoms with van der Waals surface area (Å²) in [4.78, 5) is 11.4. The Labute approximate surface area is 105 Å². The highest BCUT2D eigenvalue weighted by Gasteiger charge is 2.15. The summed E-state index contributed by atoms with van der Waals surface area (Å²) in [6, 6.07) is 6.09. The van der Waals surface area contributed by atoms with Crippen LogP contribution in [-0.4, -0.2) is 5.91 Å². The number of carbonyl (C=O) groups is 1. The van der Waals surface area contributed by atoms with E-state index in [0.29, 0.717) is 6.42 Å². The van der Waals surface area contributed by atoms with E-state index in [-0.39, 0.29) is 5.91 Å². The van der Waals surface area contributed by atoms with Crippen LogP contribution in [0.3, 0.4) is 0 Å². The number of fused-ring (bicyclic) bond motifs is 1. The van der Waals surface area contributed by atoms with Crippen LogP contribution in [0.2, 0.25) is 0 Å². The molecular formula is C13H17N2OS+. The predicted octanol–water partition coefficient (Wildman–Crippen LogP) is 2.87. The fourth-order valence-corrected chi connectivity index (χ4v) is 2.98. The third kappa shape index (κ3) is 2.31. The van der Waals surface area contributed by atoms with Crippen molar-refractivity contribution in [1.82, 2.24) is 0 Å². The molecule has 1 aromatic heterocycles. The van der Waals surface area contributed by atoms with Crippen LogP contribution in [0, 0.1) is 6.92 Å². The zero-order valence-electron chi connectivity index (χ0n) is 10.4. The number of aromatic nitrogens is 1. The fraction of sp³-hybridized carbons (Fsp3) is 0.385. The largest absolute Gasteiger partial charge is 0.326 e. The van der Waals surface area contributed by atoms with Crippen molar-refractivity contribution in [3.8, 4) is 0 Å². The first kappa shape index (κ1) is 12.0. The average molecular weight is 249 g/mol. The lowest BCUT2D eigenvalue weighted by molar-refractivity contribution is -0.669. The maximum absolute atomic E-state index is 11.4. The Kier molecular flexibility index (Phi) is 3.43. The SMILES string of the molecule is CCC(=O)Nc1ccc2sc(C)[n+](CC)c2c1. The summed E-state index contributed by atoms with van der Waals surface area (Å²) in [5.41, 5.74) is 2.08. The molecule has 0 saturated heterocycles. The van der Waals surface area contributed by atoms with Crippen LogP contribution in [0.25, 0.3) is 10.2 Å². The molecule has 1 heterocycles. The first-order valence-electron chi connectivity index (χ1n) is 5.88. The lowest BCUT2D eigenvalue weighted by Gasteiger charge is -2.01. The summed E-state index contributed by atoms with van der Waals surface area (Å²) in [6.07, 6.45) is 0.508. The lowest BCUT2D eigenvalue weighted by atomic mass is 10.2. The summed E-state index contributed by atoms with van der Waals surface area (Å²) in [5.74, 6) is 0.0550. The monoisotopic (exact) mass is 249 g/mol. The van der Waals surface area contributed by atoms with E-state index in [9.17, 15) is 4.79 Å². The van der Waals surface area contributed by atoms with Gasteiger partial charge in [0.25, 0.3) is 0 Å². The molecule has 1 N–H and O–H groups in total. The number of hydrogen-bond donors (Lipinski definition) is 1. The van der Waals surface area contributed by atoms with Crippen molar-refractivity contribution in [2.75, 3.05) is 5.32 Å². The molecule has 0 aliphatic carbocycles. The smallest absolute Gasteiger partial charge is 0.235 e. The number of thiazole rings is 1. The van der Waals surface area contributed by atoms with Crippen molar-refractivity contribution in [2.45, 2.75) is 33.7 Å². The highest BCUT2D eigenvalue weighted by atomic mass is 32.1. The minimum atomic E-state index is 0.0550.